The highest BCUT2D eigenvalue weighted by Crippen LogP contribution is 2.16. The Bertz CT molecular complexity index is 584. The number of piperazine rings is 1. The lowest BCUT2D eigenvalue weighted by molar-refractivity contribution is -0.142. The number of amides is 1. The fourth-order valence-corrected chi connectivity index (χ4v) is 3.30. The van der Waals surface area contributed by atoms with Crippen LogP contribution in [0, 0.1) is 0 Å². The van der Waals surface area contributed by atoms with Gasteiger partial charge in [-0.25, -0.2) is 0 Å². The highest BCUT2D eigenvalue weighted by atomic mass is 16.5. The van der Waals surface area contributed by atoms with Crippen LogP contribution >= 0.6 is 0 Å². The first-order chi connectivity index (χ1) is 11.7. The molecule has 1 N–H and O–H groups in total. The third-order valence-electron chi connectivity index (χ3n) is 4.79. The van der Waals surface area contributed by atoms with Gasteiger partial charge in [0.2, 0.25) is 0 Å². The number of guanidine groups is 1. The summed E-state index contributed by atoms with van der Waals surface area (Å²) in [6.07, 6.45) is 3.67. The molecular formula is C17H27N5O2. The van der Waals surface area contributed by atoms with Crippen molar-refractivity contribution in [1.29, 1.82) is 0 Å². The summed E-state index contributed by atoms with van der Waals surface area (Å²) in [5, 5.41) is 3.41. The number of nitrogens with one attached hydrogen (secondary N) is 1. The van der Waals surface area contributed by atoms with E-state index in [4.69, 9.17) is 4.74 Å². The maximum atomic E-state index is 12.4. The Kier molecular flexibility index (Phi) is 5.40. The van der Waals surface area contributed by atoms with Gasteiger partial charge in [0.25, 0.3) is 5.91 Å². The number of hydrogen-bond acceptors (Lipinski definition) is 3. The van der Waals surface area contributed by atoms with Crippen molar-refractivity contribution in [3.05, 3.63) is 24.0 Å². The van der Waals surface area contributed by atoms with Gasteiger partial charge in [0.1, 0.15) is 6.10 Å². The summed E-state index contributed by atoms with van der Waals surface area (Å²) < 4.78 is 7.61. The lowest BCUT2D eigenvalue weighted by Crippen LogP contribution is -2.55. The predicted molar refractivity (Wildman–Crippen MR) is 92.7 cm³/mol. The summed E-state index contributed by atoms with van der Waals surface area (Å²) >= 11 is 0. The van der Waals surface area contributed by atoms with Crippen LogP contribution in [0.25, 0.3) is 0 Å². The Morgan fingerprint density at radius 3 is 2.67 bits per heavy atom. The Morgan fingerprint density at radius 1 is 1.33 bits per heavy atom. The number of aromatic nitrogens is 1. The van der Waals surface area contributed by atoms with Crippen molar-refractivity contribution in [2.45, 2.75) is 25.5 Å². The second kappa shape index (κ2) is 7.70. The zero-order valence-electron chi connectivity index (χ0n) is 14.6. The molecule has 1 aromatic heterocycles. The second-order valence-corrected chi connectivity index (χ2v) is 6.33. The van der Waals surface area contributed by atoms with Gasteiger partial charge in [-0.15, -0.1) is 0 Å². The minimum Gasteiger partial charge on any atom is -0.368 e. The molecule has 1 atom stereocenters. The van der Waals surface area contributed by atoms with Crippen LogP contribution in [0.2, 0.25) is 0 Å². The maximum Gasteiger partial charge on any atom is 0.251 e. The van der Waals surface area contributed by atoms with E-state index >= 15 is 0 Å². The fraction of sp³-hybridized carbons (Fsp3) is 0.647. The summed E-state index contributed by atoms with van der Waals surface area (Å²) in [4.78, 5) is 20.9. The smallest absolute Gasteiger partial charge is 0.251 e. The number of ether oxygens (including phenoxy) is 1. The van der Waals surface area contributed by atoms with Gasteiger partial charge in [-0.1, -0.05) is 0 Å². The summed E-state index contributed by atoms with van der Waals surface area (Å²) in [5.74, 6) is 1.04. The van der Waals surface area contributed by atoms with E-state index in [0.717, 1.165) is 51.5 Å². The van der Waals surface area contributed by atoms with Gasteiger partial charge in [-0.3, -0.25) is 9.79 Å². The number of nitrogens with zero attached hydrogens (tertiary/aromatic N) is 4. The molecule has 3 heterocycles. The SMILES string of the molecule is CN=C(NCc1cccn1C)N1CCN(C(=O)C2CCCO2)CC1. The molecule has 24 heavy (non-hydrogen) atoms. The fourth-order valence-electron chi connectivity index (χ4n) is 3.30. The Morgan fingerprint density at radius 2 is 2.08 bits per heavy atom. The molecule has 1 unspecified atom stereocenters. The molecule has 2 saturated heterocycles. The summed E-state index contributed by atoms with van der Waals surface area (Å²) in [5.41, 5.74) is 1.21. The Hall–Kier alpha value is -2.02. The van der Waals surface area contributed by atoms with Crippen molar-refractivity contribution in [1.82, 2.24) is 19.7 Å². The average Bonchev–Trinajstić information content (AvgIpc) is 3.27. The zero-order chi connectivity index (χ0) is 16.9. The second-order valence-electron chi connectivity index (χ2n) is 6.33. The molecule has 3 rings (SSSR count). The van der Waals surface area contributed by atoms with Crippen molar-refractivity contribution in [3.8, 4) is 0 Å². The lowest BCUT2D eigenvalue weighted by atomic mass is 10.2. The van der Waals surface area contributed by atoms with Crippen molar-refractivity contribution < 1.29 is 9.53 Å². The molecule has 0 radical (unpaired) electrons. The normalized spacial score (nSPS) is 22.1. The molecule has 0 saturated carbocycles. The molecule has 2 aliphatic heterocycles. The van der Waals surface area contributed by atoms with E-state index in [0.29, 0.717) is 6.61 Å². The van der Waals surface area contributed by atoms with Crippen LogP contribution in [0.15, 0.2) is 23.3 Å². The molecule has 1 aromatic rings. The molecular weight excluding hydrogens is 306 g/mol. The minimum absolute atomic E-state index is 0.152. The topological polar surface area (TPSA) is 62.1 Å². The van der Waals surface area contributed by atoms with Crippen molar-refractivity contribution in [3.63, 3.8) is 0 Å². The third-order valence-corrected chi connectivity index (χ3v) is 4.79. The van der Waals surface area contributed by atoms with Crippen molar-refractivity contribution in [2.75, 3.05) is 39.8 Å². The first-order valence-corrected chi connectivity index (χ1v) is 8.65. The van der Waals surface area contributed by atoms with Gasteiger partial charge in [0, 0.05) is 58.8 Å². The zero-order valence-corrected chi connectivity index (χ0v) is 14.6. The van der Waals surface area contributed by atoms with Gasteiger partial charge < -0.3 is 24.4 Å². The number of hydrogen-bond donors (Lipinski definition) is 1. The summed E-state index contributed by atoms with van der Waals surface area (Å²) in [6.45, 7) is 4.50. The van der Waals surface area contributed by atoms with Gasteiger partial charge in [0.05, 0.1) is 6.54 Å². The molecule has 1 amide bonds. The first kappa shape index (κ1) is 16.8. The van der Waals surface area contributed by atoms with E-state index < -0.39 is 0 Å². The van der Waals surface area contributed by atoms with Gasteiger partial charge in [-0.05, 0) is 25.0 Å². The highest BCUT2D eigenvalue weighted by Gasteiger charge is 2.30. The molecule has 132 valence electrons. The van der Waals surface area contributed by atoms with Crippen LogP contribution in [0.3, 0.4) is 0 Å². The van der Waals surface area contributed by atoms with Gasteiger partial charge in [0.15, 0.2) is 5.96 Å². The summed E-state index contributed by atoms with van der Waals surface area (Å²) in [6, 6.07) is 4.13. The van der Waals surface area contributed by atoms with Crippen LogP contribution in [-0.4, -0.2) is 72.2 Å². The first-order valence-electron chi connectivity index (χ1n) is 8.65. The monoisotopic (exact) mass is 333 g/mol. The van der Waals surface area contributed by atoms with E-state index in [9.17, 15) is 4.79 Å². The highest BCUT2D eigenvalue weighted by molar-refractivity contribution is 5.82. The van der Waals surface area contributed by atoms with E-state index in [1.165, 1.54) is 5.69 Å². The van der Waals surface area contributed by atoms with Gasteiger partial charge in [-0.2, -0.15) is 0 Å². The van der Waals surface area contributed by atoms with E-state index in [2.05, 4.69) is 25.8 Å². The molecule has 7 nitrogen and oxygen atoms in total. The molecule has 0 aliphatic carbocycles. The molecule has 2 fully saturated rings. The van der Waals surface area contributed by atoms with E-state index in [1.54, 1.807) is 7.05 Å². The molecule has 2 aliphatic rings. The lowest BCUT2D eigenvalue weighted by Gasteiger charge is -2.37. The van der Waals surface area contributed by atoms with E-state index in [-0.39, 0.29) is 12.0 Å². The molecule has 0 bridgehead atoms. The largest absolute Gasteiger partial charge is 0.368 e. The molecule has 0 spiro atoms. The predicted octanol–water partition coefficient (Wildman–Crippen LogP) is 0.424. The van der Waals surface area contributed by atoms with Crippen LogP contribution in [0.5, 0.6) is 0 Å². The Balaban J connectivity index is 1.49. The number of carbonyl (C=O) groups excluding carboxylic acids is 1. The molecule has 0 aromatic carbocycles. The van der Waals surface area contributed by atoms with Crippen molar-refractivity contribution >= 4 is 11.9 Å². The van der Waals surface area contributed by atoms with Crippen LogP contribution < -0.4 is 5.32 Å². The van der Waals surface area contributed by atoms with Crippen molar-refractivity contribution in [2.24, 2.45) is 12.0 Å². The van der Waals surface area contributed by atoms with Crippen LogP contribution in [0.1, 0.15) is 18.5 Å². The van der Waals surface area contributed by atoms with Crippen LogP contribution in [-0.2, 0) is 23.1 Å². The number of rotatable bonds is 3. The number of aryl methyl sites for hydroxylation is 1. The maximum absolute atomic E-state index is 12.4. The number of carbonyl (C=O) groups is 1. The minimum atomic E-state index is -0.216. The van der Waals surface area contributed by atoms with Crippen LogP contribution in [0.4, 0.5) is 0 Å². The average molecular weight is 333 g/mol. The standard InChI is InChI=1S/C17H27N5O2/c1-18-17(19-13-14-5-3-7-20(14)2)22-10-8-21(9-11-22)16(23)15-6-4-12-24-15/h3,5,7,15H,4,6,8-13H2,1-2H3,(H,18,19). The van der Waals surface area contributed by atoms with E-state index in [1.807, 2.05) is 24.2 Å². The number of aliphatic imine (C=N–C) groups is 1. The Labute approximate surface area is 143 Å². The third kappa shape index (κ3) is 3.72. The van der Waals surface area contributed by atoms with Gasteiger partial charge >= 0.3 is 0 Å². The summed E-state index contributed by atoms with van der Waals surface area (Å²) in [7, 11) is 3.84. The quantitative estimate of drug-likeness (QED) is 0.643. The molecule has 7 heteroatoms.